The standard InChI is InChI=1S/C15H16N2OS/c1-9-6-7-19-14(9)13-10-4-2-3-5-12(10)18-15(17)11(13)8-16/h6-7,13H,2-5,17H2,1H3/t13-/m0/s1. The number of hydrogen-bond donors (Lipinski definition) is 1. The first-order valence-electron chi connectivity index (χ1n) is 6.56. The second kappa shape index (κ2) is 4.75. The Kier molecular flexibility index (Phi) is 3.08. The molecule has 2 aliphatic rings. The van der Waals surface area contributed by atoms with Crippen molar-refractivity contribution in [2.45, 2.75) is 38.5 Å². The highest BCUT2D eigenvalue weighted by molar-refractivity contribution is 7.10. The average Bonchev–Trinajstić information content (AvgIpc) is 2.83. The lowest BCUT2D eigenvalue weighted by molar-refractivity contribution is 0.251. The average molecular weight is 272 g/mol. The SMILES string of the molecule is Cc1ccsc1[C@@H]1C(C#N)=C(N)OC2=C1CCCC2. The van der Waals surface area contributed by atoms with Crippen molar-refractivity contribution >= 4 is 11.3 Å². The fraction of sp³-hybridized carbons (Fsp3) is 0.400. The van der Waals surface area contributed by atoms with Crippen molar-refractivity contribution in [2.75, 3.05) is 0 Å². The van der Waals surface area contributed by atoms with Crippen LogP contribution in [0, 0.1) is 18.3 Å². The summed E-state index contributed by atoms with van der Waals surface area (Å²) in [6, 6.07) is 4.36. The Labute approximate surface area is 117 Å². The van der Waals surface area contributed by atoms with Crippen molar-refractivity contribution in [1.29, 1.82) is 5.26 Å². The number of aryl methyl sites for hydroxylation is 1. The van der Waals surface area contributed by atoms with Crippen LogP contribution in [0.2, 0.25) is 0 Å². The van der Waals surface area contributed by atoms with E-state index in [0.717, 1.165) is 25.0 Å². The minimum Gasteiger partial charge on any atom is -0.445 e. The van der Waals surface area contributed by atoms with Crippen molar-refractivity contribution in [3.8, 4) is 6.07 Å². The van der Waals surface area contributed by atoms with Crippen LogP contribution in [0.4, 0.5) is 0 Å². The summed E-state index contributed by atoms with van der Waals surface area (Å²) in [4.78, 5) is 1.23. The first-order chi connectivity index (χ1) is 9.22. The molecular formula is C15H16N2OS. The quantitative estimate of drug-likeness (QED) is 0.848. The van der Waals surface area contributed by atoms with Crippen LogP contribution in [0.5, 0.6) is 0 Å². The second-order valence-corrected chi connectivity index (χ2v) is 6.00. The first-order valence-corrected chi connectivity index (χ1v) is 7.44. The van der Waals surface area contributed by atoms with Crippen LogP contribution in [-0.2, 0) is 4.74 Å². The van der Waals surface area contributed by atoms with E-state index in [1.807, 2.05) is 0 Å². The zero-order valence-corrected chi connectivity index (χ0v) is 11.7. The van der Waals surface area contributed by atoms with E-state index in [2.05, 4.69) is 24.4 Å². The zero-order valence-electron chi connectivity index (χ0n) is 10.9. The maximum atomic E-state index is 9.43. The number of allylic oxidation sites excluding steroid dienone is 3. The summed E-state index contributed by atoms with van der Waals surface area (Å²) >= 11 is 1.70. The Morgan fingerprint density at radius 2 is 2.21 bits per heavy atom. The molecule has 1 aliphatic heterocycles. The summed E-state index contributed by atoms with van der Waals surface area (Å²) in [7, 11) is 0. The lowest BCUT2D eigenvalue weighted by atomic mass is 9.80. The summed E-state index contributed by atoms with van der Waals surface area (Å²) in [5.74, 6) is 1.32. The van der Waals surface area contributed by atoms with Crippen molar-refractivity contribution in [2.24, 2.45) is 5.73 Å². The van der Waals surface area contributed by atoms with Gasteiger partial charge in [0.1, 0.15) is 17.4 Å². The highest BCUT2D eigenvalue weighted by atomic mass is 32.1. The molecule has 0 bridgehead atoms. The molecule has 1 aliphatic carbocycles. The molecule has 4 heteroatoms. The van der Waals surface area contributed by atoms with Crippen molar-refractivity contribution < 1.29 is 4.74 Å². The van der Waals surface area contributed by atoms with Gasteiger partial charge in [-0.3, -0.25) is 0 Å². The molecule has 0 fully saturated rings. The van der Waals surface area contributed by atoms with Gasteiger partial charge in [0, 0.05) is 11.3 Å². The van der Waals surface area contributed by atoms with Crippen LogP contribution in [-0.4, -0.2) is 0 Å². The molecule has 3 nitrogen and oxygen atoms in total. The van der Waals surface area contributed by atoms with Gasteiger partial charge in [-0.15, -0.1) is 11.3 Å². The summed E-state index contributed by atoms with van der Waals surface area (Å²) in [5, 5.41) is 11.5. The predicted molar refractivity (Wildman–Crippen MR) is 75.2 cm³/mol. The predicted octanol–water partition coefficient (Wildman–Crippen LogP) is 3.69. The van der Waals surface area contributed by atoms with Crippen molar-refractivity contribution in [3.63, 3.8) is 0 Å². The summed E-state index contributed by atoms with van der Waals surface area (Å²) in [6.07, 6.45) is 4.26. The minimum absolute atomic E-state index is 0.0223. The van der Waals surface area contributed by atoms with E-state index >= 15 is 0 Å². The topological polar surface area (TPSA) is 59.0 Å². The molecule has 0 spiro atoms. The van der Waals surface area contributed by atoms with Crippen LogP contribution in [0.25, 0.3) is 0 Å². The highest BCUT2D eigenvalue weighted by Gasteiger charge is 2.34. The van der Waals surface area contributed by atoms with E-state index < -0.39 is 0 Å². The molecule has 0 amide bonds. The Hall–Kier alpha value is -1.73. The van der Waals surface area contributed by atoms with Gasteiger partial charge in [0.2, 0.25) is 5.88 Å². The lowest BCUT2D eigenvalue weighted by Crippen LogP contribution is -2.22. The van der Waals surface area contributed by atoms with Gasteiger partial charge in [-0.2, -0.15) is 5.26 Å². The van der Waals surface area contributed by atoms with Crippen LogP contribution < -0.4 is 5.73 Å². The molecule has 19 heavy (non-hydrogen) atoms. The molecule has 2 heterocycles. The van der Waals surface area contributed by atoms with Gasteiger partial charge in [0.05, 0.1) is 5.92 Å². The van der Waals surface area contributed by atoms with E-state index in [1.165, 1.54) is 22.4 Å². The maximum absolute atomic E-state index is 9.43. The third kappa shape index (κ3) is 1.95. The molecule has 2 N–H and O–H groups in total. The monoisotopic (exact) mass is 272 g/mol. The molecule has 0 unspecified atom stereocenters. The fourth-order valence-corrected chi connectivity index (χ4v) is 3.99. The molecule has 0 saturated heterocycles. The van der Waals surface area contributed by atoms with E-state index in [0.29, 0.717) is 11.5 Å². The molecule has 98 valence electrons. The minimum atomic E-state index is 0.0223. The van der Waals surface area contributed by atoms with E-state index in [4.69, 9.17) is 10.5 Å². The number of hydrogen-bond acceptors (Lipinski definition) is 4. The van der Waals surface area contributed by atoms with Crippen LogP contribution in [0.15, 0.2) is 34.2 Å². The van der Waals surface area contributed by atoms with E-state index in [9.17, 15) is 5.26 Å². The smallest absolute Gasteiger partial charge is 0.205 e. The summed E-state index contributed by atoms with van der Waals surface area (Å²) in [6.45, 7) is 2.09. The number of ether oxygens (including phenoxy) is 1. The van der Waals surface area contributed by atoms with Gasteiger partial charge < -0.3 is 10.5 Å². The lowest BCUT2D eigenvalue weighted by Gasteiger charge is -2.31. The molecular weight excluding hydrogens is 256 g/mol. The van der Waals surface area contributed by atoms with Gasteiger partial charge in [-0.25, -0.2) is 0 Å². The van der Waals surface area contributed by atoms with Crippen molar-refractivity contribution in [1.82, 2.24) is 0 Å². The first kappa shape index (κ1) is 12.3. The van der Waals surface area contributed by atoms with E-state index in [1.54, 1.807) is 11.3 Å². The maximum Gasteiger partial charge on any atom is 0.205 e. The molecule has 0 saturated carbocycles. The van der Waals surface area contributed by atoms with Crippen LogP contribution in [0.1, 0.15) is 42.0 Å². The largest absolute Gasteiger partial charge is 0.445 e. The molecule has 0 aromatic carbocycles. The summed E-state index contributed by atoms with van der Waals surface area (Å²) < 4.78 is 5.68. The van der Waals surface area contributed by atoms with Gasteiger partial charge in [-0.05, 0) is 48.8 Å². The van der Waals surface area contributed by atoms with Crippen LogP contribution in [0.3, 0.4) is 0 Å². The molecule has 1 atom stereocenters. The number of nitrogens with zero attached hydrogens (tertiary/aromatic N) is 1. The molecule has 0 radical (unpaired) electrons. The van der Waals surface area contributed by atoms with Gasteiger partial charge >= 0.3 is 0 Å². The van der Waals surface area contributed by atoms with Gasteiger partial charge in [0.25, 0.3) is 0 Å². The molecule has 1 aromatic heterocycles. The number of rotatable bonds is 1. The van der Waals surface area contributed by atoms with Crippen LogP contribution >= 0.6 is 11.3 Å². The van der Waals surface area contributed by atoms with Gasteiger partial charge in [-0.1, -0.05) is 0 Å². The fourth-order valence-electron chi connectivity index (χ4n) is 2.92. The Balaban J connectivity index is 2.15. The molecule has 1 aromatic rings. The third-order valence-electron chi connectivity index (χ3n) is 3.88. The summed E-state index contributed by atoms with van der Waals surface area (Å²) in [5.41, 5.74) is 9.02. The van der Waals surface area contributed by atoms with Crippen molar-refractivity contribution in [3.05, 3.63) is 44.7 Å². The normalized spacial score (nSPS) is 22.8. The zero-order chi connectivity index (χ0) is 13.4. The van der Waals surface area contributed by atoms with E-state index in [-0.39, 0.29) is 5.92 Å². The Morgan fingerprint density at radius 1 is 1.42 bits per heavy atom. The number of nitrogens with two attached hydrogens (primary N) is 1. The van der Waals surface area contributed by atoms with Gasteiger partial charge in [0.15, 0.2) is 0 Å². The Morgan fingerprint density at radius 3 is 2.89 bits per heavy atom. The number of thiophene rings is 1. The third-order valence-corrected chi connectivity index (χ3v) is 4.96. The Bertz CT molecular complexity index is 618. The number of nitriles is 1. The second-order valence-electron chi connectivity index (χ2n) is 5.05. The highest BCUT2D eigenvalue weighted by Crippen LogP contribution is 2.46. The molecule has 3 rings (SSSR count).